The van der Waals surface area contributed by atoms with Crippen LogP contribution in [0.4, 0.5) is 5.69 Å². The number of nitrogens with zero attached hydrogens (tertiary/aromatic N) is 4. The molecular formula is C32H34N4O. The molecule has 37 heavy (non-hydrogen) atoms. The number of aryl methyl sites for hydroxylation is 1. The summed E-state index contributed by atoms with van der Waals surface area (Å²) >= 11 is 0. The van der Waals surface area contributed by atoms with Gasteiger partial charge in [0.1, 0.15) is 11.5 Å². The Kier molecular flexibility index (Phi) is 8.53. The van der Waals surface area contributed by atoms with Crippen LogP contribution in [0, 0.1) is 11.3 Å². The first kappa shape index (κ1) is 25.9. The quantitative estimate of drug-likeness (QED) is 0.289. The number of hydrogen-bond acceptors (Lipinski definition) is 5. The summed E-state index contributed by atoms with van der Waals surface area (Å²) in [6, 6.07) is 16.6. The number of anilines is 1. The molecule has 188 valence electrons. The topological polar surface area (TPSA) is 62.0 Å². The monoisotopic (exact) mass is 490 g/mol. The van der Waals surface area contributed by atoms with Crippen molar-refractivity contribution in [2.45, 2.75) is 47.0 Å². The molecule has 1 aromatic carbocycles. The lowest BCUT2D eigenvalue weighted by Gasteiger charge is -2.24. The minimum atomic E-state index is 0.538. The Bertz CT molecular complexity index is 1390. The predicted octanol–water partition coefficient (Wildman–Crippen LogP) is 7.62. The lowest BCUT2D eigenvalue weighted by Crippen LogP contribution is -2.21. The van der Waals surface area contributed by atoms with Gasteiger partial charge in [0.2, 0.25) is 0 Å². The fourth-order valence-corrected chi connectivity index (χ4v) is 4.49. The molecule has 0 N–H and O–H groups in total. The zero-order chi connectivity index (χ0) is 26.2. The SMILES string of the molecule is CCCCc1ccnc(-c2cc(/C(C#N)=C/C=C3/C=C(C)c4ccc(N(CC)CC)cc4O3)ccn2)c1. The molecule has 1 aliphatic heterocycles. The molecular weight excluding hydrogens is 456 g/mol. The van der Waals surface area contributed by atoms with E-state index in [1.165, 1.54) is 5.56 Å². The predicted molar refractivity (Wildman–Crippen MR) is 152 cm³/mol. The molecule has 0 fully saturated rings. The third-order valence-corrected chi connectivity index (χ3v) is 6.62. The normalized spacial score (nSPS) is 14.0. The van der Waals surface area contributed by atoms with Gasteiger partial charge in [-0.25, -0.2) is 0 Å². The van der Waals surface area contributed by atoms with Gasteiger partial charge in [0.25, 0.3) is 0 Å². The molecule has 0 saturated carbocycles. The highest BCUT2D eigenvalue weighted by molar-refractivity contribution is 5.80. The van der Waals surface area contributed by atoms with Gasteiger partial charge in [-0.05, 0) is 105 Å². The molecule has 0 bridgehead atoms. The maximum atomic E-state index is 9.93. The lowest BCUT2D eigenvalue weighted by molar-refractivity contribution is 0.438. The lowest BCUT2D eigenvalue weighted by atomic mass is 10.0. The van der Waals surface area contributed by atoms with E-state index in [0.29, 0.717) is 11.3 Å². The Morgan fingerprint density at radius 2 is 1.76 bits per heavy atom. The van der Waals surface area contributed by atoms with Gasteiger partial charge < -0.3 is 9.64 Å². The highest BCUT2D eigenvalue weighted by Crippen LogP contribution is 2.36. The van der Waals surface area contributed by atoms with Gasteiger partial charge in [0.15, 0.2) is 0 Å². The van der Waals surface area contributed by atoms with Crippen LogP contribution < -0.4 is 9.64 Å². The molecule has 0 spiro atoms. The smallest absolute Gasteiger partial charge is 0.136 e. The van der Waals surface area contributed by atoms with Gasteiger partial charge in [-0.1, -0.05) is 13.3 Å². The van der Waals surface area contributed by atoms with Crippen molar-refractivity contribution in [1.29, 1.82) is 5.26 Å². The first-order chi connectivity index (χ1) is 18.1. The highest BCUT2D eigenvalue weighted by atomic mass is 16.5. The van der Waals surface area contributed by atoms with Gasteiger partial charge in [-0.2, -0.15) is 5.26 Å². The summed E-state index contributed by atoms with van der Waals surface area (Å²) in [5, 5.41) is 9.93. The number of hydrogen-bond donors (Lipinski definition) is 0. The molecule has 0 unspecified atom stereocenters. The van der Waals surface area contributed by atoms with E-state index < -0.39 is 0 Å². The molecule has 0 saturated heterocycles. The number of benzene rings is 1. The zero-order valence-electron chi connectivity index (χ0n) is 22.2. The van der Waals surface area contributed by atoms with Crippen LogP contribution in [-0.2, 0) is 6.42 Å². The van der Waals surface area contributed by atoms with E-state index in [2.05, 4.69) is 79.0 Å². The Hall–Kier alpha value is -4.17. The number of unbranched alkanes of at least 4 members (excludes halogenated alkanes) is 1. The van der Waals surface area contributed by atoms with E-state index in [1.54, 1.807) is 6.20 Å². The number of aromatic nitrogens is 2. The van der Waals surface area contributed by atoms with Crippen molar-refractivity contribution in [2.24, 2.45) is 0 Å². The maximum absolute atomic E-state index is 9.93. The van der Waals surface area contributed by atoms with Crippen molar-refractivity contribution in [3.63, 3.8) is 0 Å². The highest BCUT2D eigenvalue weighted by Gasteiger charge is 2.16. The van der Waals surface area contributed by atoms with E-state index in [9.17, 15) is 5.26 Å². The van der Waals surface area contributed by atoms with Crippen molar-refractivity contribution in [3.8, 4) is 23.2 Å². The minimum Gasteiger partial charge on any atom is -0.457 e. The summed E-state index contributed by atoms with van der Waals surface area (Å²) in [5.74, 6) is 1.54. The Morgan fingerprint density at radius 3 is 2.49 bits per heavy atom. The van der Waals surface area contributed by atoms with Crippen LogP contribution in [0.1, 0.15) is 57.2 Å². The first-order valence-corrected chi connectivity index (χ1v) is 13.1. The van der Waals surface area contributed by atoms with Crippen LogP contribution in [-0.4, -0.2) is 23.1 Å². The van der Waals surface area contributed by atoms with Crippen LogP contribution in [0.25, 0.3) is 22.5 Å². The third-order valence-electron chi connectivity index (χ3n) is 6.62. The van der Waals surface area contributed by atoms with E-state index >= 15 is 0 Å². The van der Waals surface area contributed by atoms with Crippen LogP contribution >= 0.6 is 0 Å². The molecule has 5 nitrogen and oxygen atoms in total. The Morgan fingerprint density at radius 1 is 1.00 bits per heavy atom. The number of fused-ring (bicyclic) bond motifs is 1. The Balaban J connectivity index is 1.60. The van der Waals surface area contributed by atoms with Crippen molar-refractivity contribution >= 4 is 16.8 Å². The van der Waals surface area contributed by atoms with E-state index in [4.69, 9.17) is 4.74 Å². The summed E-state index contributed by atoms with van der Waals surface area (Å²) in [6.07, 6.45) is 12.6. The molecule has 0 aliphatic carbocycles. The largest absolute Gasteiger partial charge is 0.457 e. The summed E-state index contributed by atoms with van der Waals surface area (Å²) in [5.41, 5.74) is 7.52. The second-order valence-corrected chi connectivity index (χ2v) is 9.13. The fourth-order valence-electron chi connectivity index (χ4n) is 4.49. The maximum Gasteiger partial charge on any atom is 0.136 e. The number of pyridine rings is 2. The summed E-state index contributed by atoms with van der Waals surface area (Å²) in [7, 11) is 0. The fraction of sp³-hybridized carbons (Fsp3) is 0.281. The molecule has 3 aromatic rings. The van der Waals surface area contributed by atoms with Crippen LogP contribution in [0.2, 0.25) is 0 Å². The molecule has 5 heteroatoms. The molecule has 1 aliphatic rings. The average Bonchev–Trinajstić information content (AvgIpc) is 2.93. The van der Waals surface area contributed by atoms with E-state index in [-0.39, 0.29) is 0 Å². The number of ether oxygens (including phenoxy) is 1. The number of nitriles is 1. The second-order valence-electron chi connectivity index (χ2n) is 9.13. The van der Waals surface area contributed by atoms with Crippen LogP contribution in [0.5, 0.6) is 5.75 Å². The minimum absolute atomic E-state index is 0.538. The second kappa shape index (κ2) is 12.2. The molecule has 0 amide bonds. The van der Waals surface area contributed by atoms with Gasteiger partial charge >= 0.3 is 0 Å². The van der Waals surface area contributed by atoms with Crippen molar-refractivity contribution in [3.05, 3.63) is 95.5 Å². The van der Waals surface area contributed by atoms with Crippen LogP contribution in [0.3, 0.4) is 0 Å². The van der Waals surface area contributed by atoms with Crippen LogP contribution in [0.15, 0.2) is 78.8 Å². The molecule has 0 atom stereocenters. The first-order valence-electron chi connectivity index (χ1n) is 13.1. The number of rotatable bonds is 9. The summed E-state index contributed by atoms with van der Waals surface area (Å²) in [6.45, 7) is 10.4. The molecule has 2 aromatic heterocycles. The van der Waals surface area contributed by atoms with Crippen molar-refractivity contribution < 1.29 is 4.74 Å². The number of allylic oxidation sites excluding steroid dienone is 5. The van der Waals surface area contributed by atoms with Gasteiger partial charge in [0.05, 0.1) is 23.0 Å². The van der Waals surface area contributed by atoms with E-state index in [0.717, 1.165) is 71.9 Å². The molecule has 4 rings (SSSR count). The third kappa shape index (κ3) is 6.16. The van der Waals surface area contributed by atoms with E-state index in [1.807, 2.05) is 36.6 Å². The zero-order valence-corrected chi connectivity index (χ0v) is 22.2. The average molecular weight is 491 g/mol. The standard InChI is InChI=1S/C32H34N4O/c1-5-8-9-24-14-16-34-30(19-24)31-20-25(15-17-35-31)26(22-33)10-12-28-18-23(4)29-13-11-27(21-32(29)37-28)36(6-2)7-3/h10-21H,5-9H2,1-4H3/b26-10+,28-12-. The van der Waals surface area contributed by atoms with Gasteiger partial charge in [0, 0.05) is 42.8 Å². The van der Waals surface area contributed by atoms with Crippen molar-refractivity contribution in [2.75, 3.05) is 18.0 Å². The van der Waals surface area contributed by atoms with Gasteiger partial charge in [-0.15, -0.1) is 0 Å². The molecule has 3 heterocycles. The summed E-state index contributed by atoms with van der Waals surface area (Å²) < 4.78 is 6.23. The van der Waals surface area contributed by atoms with Crippen molar-refractivity contribution in [1.82, 2.24) is 9.97 Å². The van der Waals surface area contributed by atoms with Gasteiger partial charge in [-0.3, -0.25) is 9.97 Å². The Labute approximate surface area is 220 Å². The molecule has 0 radical (unpaired) electrons. The summed E-state index contributed by atoms with van der Waals surface area (Å²) in [4.78, 5) is 11.3.